The summed E-state index contributed by atoms with van der Waals surface area (Å²) in [6.07, 6.45) is 42.6. The standard InChI is InChI=1S/C24H43ClN3O5P.C13H28Cl2NOP.C13H29N.CH4/c1-4-5-6-7-8-9-10-11-12-13-17-27(3)34(25,31)32-19-21-15-14-16-22(33-21)28-18-20(2)23(29)26-24(28)30;1-3-4-5-6-7-8-9-10-11-12-13-16(2)18(14,15)17;1-3-4-5-6-7-8-9-10-11-12-13-14-2;/h18,21-22H,4-17,19H2,1-3H3,(H,26,29,30);3-13H2,1-2H3;14H,3-13H2,1-2H3;1H4/t21-,22+,34?;;;/m0.../s1. The molecule has 0 bridgehead atoms. The third-order valence-electron chi connectivity index (χ3n) is 12.5. The van der Waals surface area contributed by atoms with Gasteiger partial charge in [0.15, 0.2) is 0 Å². The van der Waals surface area contributed by atoms with E-state index >= 15 is 0 Å². The van der Waals surface area contributed by atoms with Crippen LogP contribution in [0.4, 0.5) is 0 Å². The Kier molecular flexibility index (Phi) is 46.9. The summed E-state index contributed by atoms with van der Waals surface area (Å²) in [5.41, 5.74) is -0.452. The van der Waals surface area contributed by atoms with Gasteiger partial charge in [0, 0.05) is 24.8 Å². The van der Waals surface area contributed by atoms with E-state index in [1.165, 1.54) is 191 Å². The Morgan fingerprint density at radius 1 is 0.657 bits per heavy atom. The van der Waals surface area contributed by atoms with Gasteiger partial charge >= 0.3 is 18.6 Å². The third kappa shape index (κ3) is 39.1. The highest BCUT2D eigenvalue weighted by atomic mass is 35.9. The molecular formula is C51H104Cl3N5O6P2. The molecule has 0 spiro atoms. The van der Waals surface area contributed by atoms with Gasteiger partial charge in [0.2, 0.25) is 0 Å². The van der Waals surface area contributed by atoms with Gasteiger partial charge < -0.3 is 14.6 Å². The zero-order valence-electron chi connectivity index (χ0n) is 43.2. The maximum absolute atomic E-state index is 12.9. The molecule has 2 heterocycles. The lowest BCUT2D eigenvalue weighted by atomic mass is 10.1. The van der Waals surface area contributed by atoms with Crippen LogP contribution in [0.2, 0.25) is 0 Å². The van der Waals surface area contributed by atoms with Crippen LogP contribution in [0.5, 0.6) is 0 Å². The molecule has 0 aliphatic carbocycles. The minimum absolute atomic E-state index is 0. The number of aryl methyl sites for hydroxylation is 1. The topological polar surface area (TPSA) is 126 Å². The fourth-order valence-corrected chi connectivity index (χ4v) is 10.1. The molecule has 2 rings (SSSR count). The molecule has 1 saturated heterocycles. The number of hydrogen-bond donors (Lipinski definition) is 2. The first-order valence-electron chi connectivity index (χ1n) is 26.6. The zero-order valence-corrected chi connectivity index (χ0v) is 47.3. The summed E-state index contributed by atoms with van der Waals surface area (Å²) in [6.45, 7) is 7.61. The Morgan fingerprint density at radius 2 is 1.04 bits per heavy atom. The van der Waals surface area contributed by atoms with Crippen LogP contribution in [-0.4, -0.2) is 72.4 Å². The largest absolute Gasteiger partial charge is 0.362 e. The summed E-state index contributed by atoms with van der Waals surface area (Å²) >= 11 is 17.4. The van der Waals surface area contributed by atoms with Crippen LogP contribution in [0.15, 0.2) is 15.8 Å². The van der Waals surface area contributed by atoms with Gasteiger partial charge in [-0.1, -0.05) is 202 Å². The van der Waals surface area contributed by atoms with Gasteiger partial charge in [-0.15, -0.1) is 0 Å². The van der Waals surface area contributed by atoms with E-state index in [0.29, 0.717) is 18.5 Å². The summed E-state index contributed by atoms with van der Waals surface area (Å²) in [6, 6.07) is 0. The maximum Gasteiger partial charge on any atom is 0.362 e. The van der Waals surface area contributed by atoms with Crippen LogP contribution >= 0.6 is 46.6 Å². The van der Waals surface area contributed by atoms with Gasteiger partial charge in [-0.2, -0.15) is 0 Å². The molecule has 0 saturated carbocycles. The van der Waals surface area contributed by atoms with E-state index in [0.717, 1.165) is 38.6 Å². The van der Waals surface area contributed by atoms with Gasteiger partial charge in [0.1, 0.15) is 6.23 Å². The number of aromatic nitrogens is 2. The van der Waals surface area contributed by atoms with Crippen molar-refractivity contribution >= 4 is 46.6 Å². The Balaban J connectivity index is 0. The van der Waals surface area contributed by atoms with Crippen LogP contribution in [0.1, 0.15) is 252 Å². The number of ether oxygens (including phenoxy) is 1. The lowest BCUT2D eigenvalue weighted by molar-refractivity contribution is -0.105. The number of H-pyrrole nitrogens is 1. The van der Waals surface area contributed by atoms with Crippen molar-refractivity contribution in [1.29, 1.82) is 0 Å². The van der Waals surface area contributed by atoms with Gasteiger partial charge in [-0.25, -0.2) is 14.1 Å². The SMILES string of the molecule is C.CCCCCCCCCCCCN(C)P(=O)(Cl)Cl.CCCCCCCCCCCCN(C)P(=O)(Cl)OC[C@@H]1CCC[C@H](n2cc(C)c(=O)[nH]c2=O)O1.CCCCCCCCCCCCNC. The molecule has 3 atom stereocenters. The normalized spacial score (nSPS) is 15.9. The summed E-state index contributed by atoms with van der Waals surface area (Å²) in [5, 5.41) is 3.19. The number of nitrogens with one attached hydrogen (secondary N) is 2. The van der Waals surface area contributed by atoms with E-state index in [1.54, 1.807) is 30.4 Å². The monoisotopic (exact) mass is 1050 g/mol. The highest BCUT2D eigenvalue weighted by Gasteiger charge is 2.30. The van der Waals surface area contributed by atoms with Crippen molar-refractivity contribution < 1.29 is 18.4 Å². The van der Waals surface area contributed by atoms with Crippen molar-refractivity contribution in [2.24, 2.45) is 0 Å². The van der Waals surface area contributed by atoms with E-state index in [1.807, 2.05) is 7.05 Å². The van der Waals surface area contributed by atoms with Crippen LogP contribution in [0.3, 0.4) is 0 Å². The molecule has 1 aliphatic rings. The predicted octanol–water partition coefficient (Wildman–Crippen LogP) is 17.3. The summed E-state index contributed by atoms with van der Waals surface area (Å²) in [4.78, 5) is 26.1. The second-order valence-electron chi connectivity index (χ2n) is 18.7. The molecule has 1 aromatic heterocycles. The van der Waals surface area contributed by atoms with Gasteiger partial charge in [-0.05, 0) is 107 Å². The molecule has 400 valence electrons. The average molecular weight is 1050 g/mol. The number of aromatic amines is 1. The number of rotatable bonds is 39. The molecule has 1 unspecified atom stereocenters. The van der Waals surface area contributed by atoms with Gasteiger partial charge in [-0.3, -0.25) is 23.5 Å². The molecule has 0 aromatic carbocycles. The molecule has 0 amide bonds. The van der Waals surface area contributed by atoms with Crippen LogP contribution in [-0.2, 0) is 18.4 Å². The van der Waals surface area contributed by atoms with E-state index in [2.05, 4.69) is 31.1 Å². The minimum atomic E-state index is -3.43. The summed E-state index contributed by atoms with van der Waals surface area (Å²) < 4.78 is 40.3. The number of nitrogens with zero attached hydrogens (tertiary/aromatic N) is 3. The molecule has 0 radical (unpaired) electrons. The van der Waals surface area contributed by atoms with Crippen molar-refractivity contribution in [3.63, 3.8) is 0 Å². The van der Waals surface area contributed by atoms with Gasteiger partial charge in [0.05, 0.1) is 12.7 Å². The van der Waals surface area contributed by atoms with E-state index in [-0.39, 0.29) is 20.1 Å². The molecule has 1 fully saturated rings. The molecule has 1 aromatic rings. The fraction of sp³-hybridized carbons (Fsp3) is 0.922. The smallest absolute Gasteiger partial charge is 0.352 e. The molecule has 11 nitrogen and oxygen atoms in total. The molecule has 1 aliphatic heterocycles. The Morgan fingerprint density at radius 3 is 1.45 bits per heavy atom. The lowest BCUT2D eigenvalue weighted by Gasteiger charge is -2.32. The summed E-state index contributed by atoms with van der Waals surface area (Å²) in [5.74, 6) is -3.06. The van der Waals surface area contributed by atoms with E-state index in [9.17, 15) is 18.7 Å². The molecular weight excluding hydrogens is 947 g/mol. The van der Waals surface area contributed by atoms with Crippen molar-refractivity contribution in [3.8, 4) is 0 Å². The maximum atomic E-state index is 12.9. The van der Waals surface area contributed by atoms with Crippen LogP contribution in [0, 0.1) is 6.92 Å². The van der Waals surface area contributed by atoms with Crippen LogP contribution in [0.25, 0.3) is 0 Å². The van der Waals surface area contributed by atoms with Crippen molar-refractivity contribution in [2.45, 2.75) is 259 Å². The average Bonchev–Trinajstić information content (AvgIpc) is 3.29. The van der Waals surface area contributed by atoms with Crippen LogP contribution < -0.4 is 16.6 Å². The Bertz CT molecular complexity index is 1470. The lowest BCUT2D eigenvalue weighted by Crippen LogP contribution is -2.38. The fourth-order valence-electron chi connectivity index (χ4n) is 7.96. The Labute approximate surface area is 426 Å². The first kappa shape index (κ1) is 68.9. The minimum Gasteiger partial charge on any atom is -0.352 e. The van der Waals surface area contributed by atoms with E-state index in [4.69, 9.17) is 43.0 Å². The molecule has 67 heavy (non-hydrogen) atoms. The van der Waals surface area contributed by atoms with Crippen molar-refractivity contribution in [2.75, 3.05) is 47.4 Å². The predicted molar refractivity (Wildman–Crippen MR) is 294 cm³/mol. The number of unbranched alkanes of at least 4 members (excludes halogenated alkanes) is 27. The van der Waals surface area contributed by atoms with Crippen molar-refractivity contribution in [3.05, 3.63) is 32.6 Å². The molecule has 16 heteroatoms. The second kappa shape index (κ2) is 45.7. The first-order valence-corrected chi connectivity index (χ1v) is 32.6. The highest BCUT2D eigenvalue weighted by molar-refractivity contribution is 8.06. The first-order chi connectivity index (χ1) is 31.6. The quantitative estimate of drug-likeness (QED) is 0.0490. The van der Waals surface area contributed by atoms with Crippen molar-refractivity contribution in [1.82, 2.24) is 24.2 Å². The third-order valence-corrected chi connectivity index (χ3v) is 17.6. The Hall–Kier alpha value is -0.190. The van der Waals surface area contributed by atoms with E-state index < -0.39 is 30.3 Å². The van der Waals surface area contributed by atoms with Gasteiger partial charge in [0.25, 0.3) is 5.56 Å². The number of hydrogen-bond acceptors (Lipinski definition) is 7. The zero-order chi connectivity index (χ0) is 49.3. The highest BCUT2D eigenvalue weighted by Crippen LogP contribution is 2.59. The summed E-state index contributed by atoms with van der Waals surface area (Å²) in [7, 11) is 5.48. The molecule has 2 N–H and O–H groups in total. The number of halogens is 3. The second-order valence-corrected chi connectivity index (χ2v) is 26.7.